The maximum atomic E-state index is 15.1. The highest BCUT2D eigenvalue weighted by Crippen LogP contribution is 2.47. The van der Waals surface area contributed by atoms with Gasteiger partial charge in [-0.15, -0.1) is 0 Å². The summed E-state index contributed by atoms with van der Waals surface area (Å²) in [4.78, 5) is 36.6. The van der Waals surface area contributed by atoms with E-state index in [1.807, 2.05) is 18.7 Å². The van der Waals surface area contributed by atoms with Gasteiger partial charge in [-0.2, -0.15) is 0 Å². The fourth-order valence-corrected chi connectivity index (χ4v) is 5.93. The number of nitrogens with zero attached hydrogens (tertiary/aromatic N) is 4. The molecule has 0 aliphatic carbocycles. The molecule has 2 atom stereocenters. The van der Waals surface area contributed by atoms with Crippen LogP contribution < -0.4 is 15.4 Å². The van der Waals surface area contributed by atoms with Crippen molar-refractivity contribution in [3.05, 3.63) is 47.3 Å². The fraction of sp³-hybridized carbons (Fsp3) is 0.444. The molecule has 0 saturated carbocycles. The number of benzene rings is 1. The summed E-state index contributed by atoms with van der Waals surface area (Å²) in [5, 5.41) is 0.00747. The lowest BCUT2D eigenvalue weighted by molar-refractivity contribution is -0.128. The number of aromatic nitrogens is 1. The van der Waals surface area contributed by atoms with Gasteiger partial charge in [0.1, 0.15) is 34.5 Å². The Balaban J connectivity index is 1.70. The van der Waals surface area contributed by atoms with Crippen LogP contribution in [0.5, 0.6) is 5.75 Å². The lowest BCUT2D eigenvalue weighted by Crippen LogP contribution is -2.57. The van der Waals surface area contributed by atoms with Gasteiger partial charge in [0, 0.05) is 44.5 Å². The van der Waals surface area contributed by atoms with Crippen LogP contribution in [-0.2, 0) is 9.53 Å². The Morgan fingerprint density at radius 3 is 2.74 bits per heavy atom. The number of anilines is 2. The molecule has 2 N–H and O–H groups in total. The summed E-state index contributed by atoms with van der Waals surface area (Å²) in [5.74, 6) is -0.631. The van der Waals surface area contributed by atoms with E-state index in [1.54, 1.807) is 23.0 Å². The van der Waals surface area contributed by atoms with Crippen molar-refractivity contribution in [3.8, 4) is 17.0 Å². The van der Waals surface area contributed by atoms with E-state index in [0.29, 0.717) is 38.4 Å². The second-order valence-corrected chi connectivity index (χ2v) is 10.8. The number of piperazine rings is 1. The number of halogens is 2. The quantitative estimate of drug-likeness (QED) is 0.466. The van der Waals surface area contributed by atoms with Gasteiger partial charge in [0.15, 0.2) is 5.75 Å². The Morgan fingerprint density at radius 2 is 2.08 bits per heavy atom. The molecule has 2 fully saturated rings. The first kappa shape index (κ1) is 26.2. The van der Waals surface area contributed by atoms with Crippen LogP contribution >= 0.6 is 11.6 Å². The third kappa shape index (κ3) is 4.25. The molecule has 1 aromatic carbocycles. The number of ether oxygens (including phenoxy) is 2. The van der Waals surface area contributed by atoms with Crippen molar-refractivity contribution in [1.29, 1.82) is 0 Å². The zero-order chi connectivity index (χ0) is 27.4. The maximum absolute atomic E-state index is 15.1. The molecule has 0 bridgehead atoms. The minimum Gasteiger partial charge on any atom is -0.489 e. The highest BCUT2D eigenvalue weighted by molar-refractivity contribution is 6.35. The minimum atomic E-state index is -0.586. The zero-order valence-electron chi connectivity index (χ0n) is 21.7. The van der Waals surface area contributed by atoms with Crippen molar-refractivity contribution in [2.24, 2.45) is 0 Å². The molecule has 2 saturated heterocycles. The van der Waals surface area contributed by atoms with Crippen molar-refractivity contribution < 1.29 is 23.5 Å². The number of nitrogen functional groups attached to an aromatic ring is 1. The van der Waals surface area contributed by atoms with Gasteiger partial charge in [0.05, 0.1) is 17.7 Å². The Labute approximate surface area is 225 Å². The second-order valence-electron chi connectivity index (χ2n) is 10.4. The molecular formula is C27H31ClFN5O4. The van der Waals surface area contributed by atoms with E-state index < -0.39 is 17.4 Å². The van der Waals surface area contributed by atoms with Gasteiger partial charge in [-0.05, 0) is 38.5 Å². The molecule has 38 heavy (non-hydrogen) atoms. The predicted molar refractivity (Wildman–Crippen MR) is 143 cm³/mol. The first-order valence-electron chi connectivity index (χ1n) is 12.5. The molecule has 3 aliphatic rings. The number of carbonyl (C=O) groups excluding carboxylic acids is 2. The SMILES string of the molecule is C=CC(=O)N1CCN2C(=O)c3c(N4CC(OC)CC4(C)C)nc(-c4c(N)cccc4F)c(Cl)c3OC[C@H]2C1. The molecule has 4 heterocycles. The van der Waals surface area contributed by atoms with Crippen molar-refractivity contribution >= 4 is 34.9 Å². The van der Waals surface area contributed by atoms with Gasteiger partial charge in [0.2, 0.25) is 5.91 Å². The van der Waals surface area contributed by atoms with Gasteiger partial charge in [0.25, 0.3) is 5.91 Å². The van der Waals surface area contributed by atoms with Gasteiger partial charge in [-0.3, -0.25) is 9.59 Å². The largest absolute Gasteiger partial charge is 0.489 e. The number of hydrogen-bond donors (Lipinski definition) is 1. The van der Waals surface area contributed by atoms with E-state index in [0.717, 1.165) is 0 Å². The molecular weight excluding hydrogens is 513 g/mol. The maximum Gasteiger partial charge on any atom is 0.261 e. The number of hydrogen-bond acceptors (Lipinski definition) is 7. The number of pyridine rings is 1. The highest BCUT2D eigenvalue weighted by Gasteiger charge is 2.45. The van der Waals surface area contributed by atoms with Crippen molar-refractivity contribution in [1.82, 2.24) is 14.8 Å². The standard InChI is InChI=1S/C27H31ClFN5O4/c1-5-19(35)32-9-10-33-15(12-32)14-38-24-21(26(33)36)25(34-13-16(37-4)11-27(34,2)3)31-23(22(24)28)20-17(29)7-6-8-18(20)30/h5-8,15-16H,1,9-14,30H2,2-4H3/t15-,16?/m1/s1. The van der Waals surface area contributed by atoms with Crippen LogP contribution in [0, 0.1) is 5.82 Å². The molecule has 9 nitrogen and oxygen atoms in total. The summed E-state index contributed by atoms with van der Waals surface area (Å²) in [5.41, 5.74) is 6.26. The van der Waals surface area contributed by atoms with E-state index in [4.69, 9.17) is 31.8 Å². The smallest absolute Gasteiger partial charge is 0.261 e. The highest BCUT2D eigenvalue weighted by atomic mass is 35.5. The van der Waals surface area contributed by atoms with Crippen LogP contribution in [0.15, 0.2) is 30.9 Å². The third-order valence-corrected chi connectivity index (χ3v) is 8.01. The molecule has 2 amide bonds. The molecule has 11 heteroatoms. The Kier molecular flexibility index (Phi) is 6.73. The topological polar surface area (TPSA) is 101 Å². The molecule has 0 spiro atoms. The van der Waals surface area contributed by atoms with E-state index >= 15 is 4.39 Å². The van der Waals surface area contributed by atoms with E-state index in [1.165, 1.54) is 18.2 Å². The number of rotatable bonds is 4. The molecule has 202 valence electrons. The van der Waals surface area contributed by atoms with Gasteiger partial charge >= 0.3 is 0 Å². The summed E-state index contributed by atoms with van der Waals surface area (Å²) in [6.07, 6.45) is 1.86. The zero-order valence-corrected chi connectivity index (χ0v) is 22.4. The number of carbonyl (C=O) groups is 2. The van der Waals surface area contributed by atoms with Gasteiger partial charge < -0.3 is 29.9 Å². The van der Waals surface area contributed by atoms with Crippen molar-refractivity contribution in [2.45, 2.75) is 38.0 Å². The summed E-state index contributed by atoms with van der Waals surface area (Å²) < 4.78 is 27.0. The Hall–Kier alpha value is -3.37. The van der Waals surface area contributed by atoms with E-state index in [9.17, 15) is 9.59 Å². The van der Waals surface area contributed by atoms with Crippen LogP contribution in [0.1, 0.15) is 30.6 Å². The Morgan fingerprint density at radius 1 is 1.32 bits per heavy atom. The van der Waals surface area contributed by atoms with Crippen LogP contribution in [0.25, 0.3) is 11.3 Å². The van der Waals surface area contributed by atoms with Crippen LogP contribution in [-0.4, -0.2) is 84.2 Å². The molecule has 2 aromatic rings. The first-order valence-corrected chi connectivity index (χ1v) is 12.9. The number of amides is 2. The van der Waals surface area contributed by atoms with Crippen LogP contribution in [0.2, 0.25) is 5.02 Å². The van der Waals surface area contributed by atoms with Crippen LogP contribution in [0.3, 0.4) is 0 Å². The van der Waals surface area contributed by atoms with Crippen LogP contribution in [0.4, 0.5) is 15.9 Å². The summed E-state index contributed by atoms with van der Waals surface area (Å²) in [7, 11) is 1.65. The molecule has 3 aliphatic heterocycles. The fourth-order valence-electron chi connectivity index (χ4n) is 5.64. The third-order valence-electron chi connectivity index (χ3n) is 7.66. The molecule has 1 aromatic heterocycles. The van der Waals surface area contributed by atoms with Gasteiger partial charge in [-0.25, -0.2) is 9.37 Å². The monoisotopic (exact) mass is 543 g/mol. The lowest BCUT2D eigenvalue weighted by Gasteiger charge is -2.40. The average Bonchev–Trinajstić information content (AvgIpc) is 3.12. The number of fused-ring (bicyclic) bond motifs is 2. The molecule has 1 unspecified atom stereocenters. The lowest BCUT2D eigenvalue weighted by atomic mass is 9.99. The Bertz CT molecular complexity index is 1300. The van der Waals surface area contributed by atoms with Gasteiger partial charge in [-0.1, -0.05) is 24.2 Å². The number of methoxy groups -OCH3 is 1. The predicted octanol–water partition coefficient (Wildman–Crippen LogP) is 3.36. The number of nitrogens with two attached hydrogens (primary N) is 1. The molecule has 5 rings (SSSR count). The van der Waals surface area contributed by atoms with E-state index in [-0.39, 0.29) is 57.8 Å². The first-order chi connectivity index (χ1) is 18.1. The van der Waals surface area contributed by atoms with Crippen molar-refractivity contribution in [2.75, 3.05) is 50.5 Å². The minimum absolute atomic E-state index is 0.00747. The summed E-state index contributed by atoms with van der Waals surface area (Å²) in [6, 6.07) is 3.96. The average molecular weight is 544 g/mol. The van der Waals surface area contributed by atoms with Crippen molar-refractivity contribution in [3.63, 3.8) is 0 Å². The second kappa shape index (κ2) is 9.74. The van der Waals surface area contributed by atoms with E-state index in [2.05, 4.69) is 6.58 Å². The normalized spacial score (nSPS) is 22.4. The summed E-state index contributed by atoms with van der Waals surface area (Å²) >= 11 is 6.85. The summed E-state index contributed by atoms with van der Waals surface area (Å²) in [6.45, 7) is 9.18. The molecule has 0 radical (unpaired) electrons.